The van der Waals surface area contributed by atoms with E-state index in [2.05, 4.69) is 0 Å². The Labute approximate surface area is 139 Å². The third kappa shape index (κ3) is 4.54. The van der Waals surface area contributed by atoms with Crippen LogP contribution in [0, 0.1) is 0 Å². The molecule has 8 heteroatoms. The minimum atomic E-state index is -1.65. The molecule has 0 aromatic heterocycles. The molecule has 0 nitrogen and oxygen atoms in total. The van der Waals surface area contributed by atoms with Crippen molar-refractivity contribution < 1.29 is 0 Å². The largest absolute Gasteiger partial charge is 0.216 e. The minimum Gasteiger partial charge on any atom is -0.100 e. The summed E-state index contributed by atoms with van der Waals surface area (Å²) >= 11 is 46.2. The van der Waals surface area contributed by atoms with Gasteiger partial charge in [-0.15, -0.1) is 23.2 Å². The molecule has 0 aliphatic rings. The zero-order chi connectivity index (χ0) is 13.4. The molecule has 0 radical (unpaired) electrons. The maximum Gasteiger partial charge on any atom is 0.216 e. The highest BCUT2D eigenvalue weighted by molar-refractivity contribution is 6.67. The summed E-state index contributed by atoms with van der Waals surface area (Å²) in [5.41, 5.74) is 1.12. The third-order valence-corrected chi connectivity index (χ3v) is 3.66. The molecular formula is C9H4Cl8. The van der Waals surface area contributed by atoms with Gasteiger partial charge in [0.05, 0.1) is 0 Å². The molecule has 0 N–H and O–H groups in total. The average Bonchev–Trinajstić information content (AvgIpc) is 2.14. The van der Waals surface area contributed by atoms with Gasteiger partial charge in [-0.05, 0) is 11.6 Å². The zero-order valence-electron chi connectivity index (χ0n) is 7.83. The summed E-state index contributed by atoms with van der Waals surface area (Å²) in [4.78, 5) is -0.895. The first-order chi connectivity index (χ1) is 7.53. The fraction of sp³-hybridized carbons (Fsp3) is 0.333. The topological polar surface area (TPSA) is 0 Å². The van der Waals surface area contributed by atoms with Crippen LogP contribution in [-0.2, 0) is 7.59 Å². The number of hydrogen-bond acceptors (Lipinski definition) is 0. The van der Waals surface area contributed by atoms with E-state index in [-0.39, 0.29) is 0 Å². The summed E-state index contributed by atoms with van der Waals surface area (Å²) in [5.74, 6) is 0. The molecule has 0 bridgehead atoms. The summed E-state index contributed by atoms with van der Waals surface area (Å²) in [6.45, 7) is 0. The van der Waals surface area contributed by atoms with E-state index in [1.165, 1.54) is 18.2 Å². The number of alkyl halides is 8. The van der Waals surface area contributed by atoms with Gasteiger partial charge >= 0.3 is 0 Å². The number of halogens is 8. The second kappa shape index (κ2) is 5.89. The summed E-state index contributed by atoms with van der Waals surface area (Å²) in [5, 5.41) is 0. The van der Waals surface area contributed by atoms with Crippen LogP contribution < -0.4 is 0 Å². The van der Waals surface area contributed by atoms with Gasteiger partial charge in [0.1, 0.15) is 4.84 Å². The maximum absolute atomic E-state index is 5.80. The van der Waals surface area contributed by atoms with Crippen LogP contribution in [-0.4, -0.2) is 0 Å². The van der Waals surface area contributed by atoms with Crippen LogP contribution in [0.1, 0.15) is 21.5 Å². The van der Waals surface area contributed by atoms with Gasteiger partial charge in [-0.2, -0.15) is 0 Å². The van der Waals surface area contributed by atoms with Gasteiger partial charge in [0.2, 0.25) is 7.59 Å². The SMILES string of the molecule is ClC(Cl)c1cc(C(Cl)(Cl)Cl)ccc1C(Cl)(Cl)Cl. The van der Waals surface area contributed by atoms with Crippen molar-refractivity contribution in [3.63, 3.8) is 0 Å². The molecule has 17 heavy (non-hydrogen) atoms. The van der Waals surface area contributed by atoms with Crippen LogP contribution >= 0.6 is 92.8 Å². The van der Waals surface area contributed by atoms with Gasteiger partial charge in [-0.25, -0.2) is 0 Å². The first kappa shape index (κ1) is 16.6. The van der Waals surface area contributed by atoms with Crippen molar-refractivity contribution in [2.75, 3.05) is 0 Å². The second-order valence-electron chi connectivity index (χ2n) is 3.10. The molecule has 0 saturated carbocycles. The van der Waals surface area contributed by atoms with Crippen molar-refractivity contribution in [2.45, 2.75) is 12.4 Å². The Hall–Kier alpha value is 1.54. The smallest absolute Gasteiger partial charge is 0.100 e. The van der Waals surface area contributed by atoms with Crippen LogP contribution in [0.25, 0.3) is 0 Å². The van der Waals surface area contributed by atoms with E-state index in [9.17, 15) is 0 Å². The van der Waals surface area contributed by atoms with Gasteiger partial charge in [-0.1, -0.05) is 81.7 Å². The Kier molecular flexibility index (Phi) is 5.75. The summed E-state index contributed by atoms with van der Waals surface area (Å²) < 4.78 is -3.24. The monoisotopic (exact) mass is 392 g/mol. The first-order valence-corrected chi connectivity index (χ1v) is 7.24. The van der Waals surface area contributed by atoms with Crippen LogP contribution in [0.15, 0.2) is 18.2 Å². The Morgan fingerprint density at radius 3 is 1.71 bits per heavy atom. The minimum absolute atomic E-state index is 0.343. The van der Waals surface area contributed by atoms with E-state index in [0.29, 0.717) is 16.7 Å². The van der Waals surface area contributed by atoms with E-state index in [1.807, 2.05) is 0 Å². The highest BCUT2D eigenvalue weighted by Gasteiger charge is 2.31. The predicted octanol–water partition coefficient (Wildman–Crippen LogP) is 6.82. The van der Waals surface area contributed by atoms with Gasteiger partial charge in [0.15, 0.2) is 0 Å². The van der Waals surface area contributed by atoms with E-state index in [4.69, 9.17) is 92.8 Å². The highest BCUT2D eigenvalue weighted by atomic mass is 35.6. The summed E-state index contributed by atoms with van der Waals surface area (Å²) in [6.07, 6.45) is 0. The van der Waals surface area contributed by atoms with Crippen LogP contribution in [0.4, 0.5) is 0 Å². The quantitative estimate of drug-likeness (QED) is 0.458. The maximum atomic E-state index is 5.80. The molecule has 1 rings (SSSR count). The lowest BCUT2D eigenvalue weighted by Gasteiger charge is -2.20. The lowest BCUT2D eigenvalue weighted by Crippen LogP contribution is -2.08. The Bertz CT molecular complexity index is 400. The molecule has 0 amide bonds. The van der Waals surface area contributed by atoms with E-state index in [0.717, 1.165) is 0 Å². The van der Waals surface area contributed by atoms with Crippen LogP contribution in [0.2, 0.25) is 0 Å². The molecule has 0 spiro atoms. The predicted molar refractivity (Wildman–Crippen MR) is 79.4 cm³/mol. The zero-order valence-corrected chi connectivity index (χ0v) is 13.9. The Morgan fingerprint density at radius 1 is 0.824 bits per heavy atom. The van der Waals surface area contributed by atoms with Gasteiger partial charge < -0.3 is 0 Å². The molecule has 0 unspecified atom stereocenters. The second-order valence-corrected chi connectivity index (χ2v) is 8.76. The molecule has 0 heterocycles. The third-order valence-electron chi connectivity index (χ3n) is 1.92. The van der Waals surface area contributed by atoms with Crippen molar-refractivity contribution >= 4 is 92.8 Å². The lowest BCUT2D eigenvalue weighted by atomic mass is 10.1. The van der Waals surface area contributed by atoms with Crippen molar-refractivity contribution in [1.29, 1.82) is 0 Å². The Balaban J connectivity index is 3.38. The molecule has 1 aromatic carbocycles. The van der Waals surface area contributed by atoms with Crippen LogP contribution in [0.3, 0.4) is 0 Å². The molecule has 0 saturated heterocycles. The van der Waals surface area contributed by atoms with Crippen molar-refractivity contribution in [1.82, 2.24) is 0 Å². The molecule has 0 aliphatic heterocycles. The van der Waals surface area contributed by atoms with E-state index < -0.39 is 12.4 Å². The first-order valence-electron chi connectivity index (χ1n) is 4.10. The molecule has 0 atom stereocenters. The van der Waals surface area contributed by atoms with Gasteiger partial charge in [-0.3, -0.25) is 0 Å². The molecule has 96 valence electrons. The fourth-order valence-electron chi connectivity index (χ4n) is 1.18. The lowest BCUT2D eigenvalue weighted by molar-refractivity contribution is 1.12. The fourth-order valence-corrected chi connectivity index (χ4v) is 2.41. The van der Waals surface area contributed by atoms with E-state index in [1.54, 1.807) is 0 Å². The number of hydrogen-bond donors (Lipinski definition) is 0. The Morgan fingerprint density at radius 2 is 1.35 bits per heavy atom. The molecule has 0 aliphatic carbocycles. The van der Waals surface area contributed by atoms with Gasteiger partial charge in [0, 0.05) is 11.1 Å². The number of rotatable bonds is 1. The van der Waals surface area contributed by atoms with Crippen molar-refractivity contribution in [3.05, 3.63) is 34.9 Å². The molecule has 0 fully saturated rings. The summed E-state index contributed by atoms with van der Waals surface area (Å²) in [7, 11) is 0. The van der Waals surface area contributed by atoms with Gasteiger partial charge in [0.25, 0.3) is 0 Å². The summed E-state index contributed by atoms with van der Waals surface area (Å²) in [6, 6.07) is 4.54. The molecular weight excluding hydrogens is 392 g/mol. The van der Waals surface area contributed by atoms with Crippen LogP contribution in [0.5, 0.6) is 0 Å². The standard InChI is InChI=1S/C9H4Cl8/c10-7(11)5-3-4(8(12,13)14)1-2-6(5)9(15,16)17/h1-3,7H. The highest BCUT2D eigenvalue weighted by Crippen LogP contribution is 2.46. The van der Waals surface area contributed by atoms with E-state index >= 15 is 0 Å². The van der Waals surface area contributed by atoms with Crippen molar-refractivity contribution in [3.8, 4) is 0 Å². The average molecular weight is 396 g/mol. The van der Waals surface area contributed by atoms with Crippen molar-refractivity contribution in [2.24, 2.45) is 0 Å². The normalized spacial score (nSPS) is 13.2. The number of benzene rings is 1. The molecule has 1 aromatic rings.